The zero-order valence-electron chi connectivity index (χ0n) is 12.0. The first-order valence-corrected chi connectivity index (χ1v) is 6.75. The molecule has 0 heterocycles. The van der Waals surface area contributed by atoms with Crippen molar-refractivity contribution >= 4 is 5.97 Å². The molecule has 1 rings (SSSR count). The second-order valence-electron chi connectivity index (χ2n) is 4.39. The van der Waals surface area contributed by atoms with E-state index in [0.29, 0.717) is 5.75 Å². The number of ether oxygens (including phenoxy) is 2. The van der Waals surface area contributed by atoms with Gasteiger partial charge in [0.15, 0.2) is 6.61 Å². The van der Waals surface area contributed by atoms with Crippen molar-refractivity contribution in [1.29, 1.82) is 0 Å². The van der Waals surface area contributed by atoms with E-state index in [1.165, 1.54) is 0 Å². The summed E-state index contributed by atoms with van der Waals surface area (Å²) >= 11 is 0. The summed E-state index contributed by atoms with van der Waals surface area (Å²) < 4.78 is 10.6. The van der Waals surface area contributed by atoms with Crippen molar-refractivity contribution in [3.63, 3.8) is 0 Å². The number of benzene rings is 1. The quantitative estimate of drug-likeness (QED) is 0.676. The fraction of sp³-hybridized carbons (Fsp3) is 0.533. The van der Waals surface area contributed by atoms with E-state index in [1.54, 1.807) is 0 Å². The molecule has 19 heavy (non-hydrogen) atoms. The van der Waals surface area contributed by atoms with Gasteiger partial charge in [-0.2, -0.15) is 0 Å². The highest BCUT2D eigenvalue weighted by molar-refractivity contribution is 5.71. The van der Waals surface area contributed by atoms with Crippen molar-refractivity contribution in [1.82, 2.24) is 4.90 Å². The maximum atomic E-state index is 11.6. The molecule has 0 unspecified atom stereocenters. The predicted octanol–water partition coefficient (Wildman–Crippen LogP) is 2.34. The summed E-state index contributed by atoms with van der Waals surface area (Å²) in [5.74, 6) is 0.347. The fourth-order valence-electron chi connectivity index (χ4n) is 1.80. The lowest BCUT2D eigenvalue weighted by Gasteiger charge is -2.22. The molecular weight excluding hydrogens is 242 g/mol. The number of para-hydroxylation sites is 1. The Morgan fingerprint density at radius 3 is 2.42 bits per heavy atom. The van der Waals surface area contributed by atoms with Gasteiger partial charge >= 0.3 is 5.97 Å². The van der Waals surface area contributed by atoms with Gasteiger partial charge in [0.05, 0.1) is 0 Å². The molecule has 0 saturated carbocycles. The lowest BCUT2D eigenvalue weighted by Crippen LogP contribution is -2.34. The smallest absolute Gasteiger partial charge is 0.344 e. The minimum absolute atomic E-state index is 0.0490. The summed E-state index contributed by atoms with van der Waals surface area (Å²) in [6.07, 6.45) is -0.119. The third kappa shape index (κ3) is 6.25. The van der Waals surface area contributed by atoms with Crippen LogP contribution in [0, 0.1) is 0 Å². The van der Waals surface area contributed by atoms with Gasteiger partial charge in [-0.05, 0) is 32.1 Å². The Balaban J connectivity index is 2.27. The molecule has 0 N–H and O–H groups in total. The Labute approximate surface area is 115 Å². The van der Waals surface area contributed by atoms with E-state index in [-0.39, 0.29) is 18.7 Å². The van der Waals surface area contributed by atoms with Gasteiger partial charge in [-0.3, -0.25) is 0 Å². The van der Waals surface area contributed by atoms with Gasteiger partial charge in [0.2, 0.25) is 0 Å². The number of hydrogen-bond acceptors (Lipinski definition) is 4. The molecule has 0 saturated heterocycles. The molecule has 106 valence electrons. The van der Waals surface area contributed by atoms with Crippen LogP contribution < -0.4 is 4.74 Å². The van der Waals surface area contributed by atoms with Crippen LogP contribution in [-0.2, 0) is 9.53 Å². The van der Waals surface area contributed by atoms with Crippen molar-refractivity contribution in [3.05, 3.63) is 30.3 Å². The molecule has 0 aromatic heterocycles. The van der Waals surface area contributed by atoms with E-state index >= 15 is 0 Å². The van der Waals surface area contributed by atoms with Crippen LogP contribution in [0.1, 0.15) is 20.8 Å². The Bertz CT molecular complexity index is 363. The molecule has 1 atom stereocenters. The molecule has 1 aromatic carbocycles. The lowest BCUT2D eigenvalue weighted by molar-refractivity contribution is -0.151. The normalized spacial score (nSPS) is 12.2. The van der Waals surface area contributed by atoms with Crippen molar-refractivity contribution in [3.8, 4) is 5.75 Å². The molecule has 4 nitrogen and oxygen atoms in total. The maximum Gasteiger partial charge on any atom is 0.344 e. The summed E-state index contributed by atoms with van der Waals surface area (Å²) in [5.41, 5.74) is 0. The third-order valence-electron chi connectivity index (χ3n) is 2.84. The first-order chi connectivity index (χ1) is 9.15. The predicted molar refractivity (Wildman–Crippen MR) is 75.3 cm³/mol. The molecular formula is C15H23NO3. The van der Waals surface area contributed by atoms with E-state index in [2.05, 4.69) is 18.7 Å². The van der Waals surface area contributed by atoms with Crippen molar-refractivity contribution in [2.45, 2.75) is 26.9 Å². The van der Waals surface area contributed by atoms with Crippen molar-refractivity contribution in [2.75, 3.05) is 26.2 Å². The Morgan fingerprint density at radius 2 is 1.84 bits per heavy atom. The van der Waals surface area contributed by atoms with Crippen LogP contribution in [-0.4, -0.2) is 43.2 Å². The van der Waals surface area contributed by atoms with Crippen LogP contribution in [0.15, 0.2) is 30.3 Å². The van der Waals surface area contributed by atoms with Crippen LogP contribution in [0.5, 0.6) is 5.75 Å². The summed E-state index contributed by atoms with van der Waals surface area (Å²) in [4.78, 5) is 13.8. The second-order valence-corrected chi connectivity index (χ2v) is 4.39. The van der Waals surface area contributed by atoms with Gasteiger partial charge in [0.25, 0.3) is 0 Å². The first kappa shape index (κ1) is 15.5. The summed E-state index contributed by atoms with van der Waals surface area (Å²) in [7, 11) is 0. The first-order valence-electron chi connectivity index (χ1n) is 6.75. The molecule has 0 aliphatic rings. The van der Waals surface area contributed by atoms with Gasteiger partial charge in [0.1, 0.15) is 11.9 Å². The zero-order valence-corrected chi connectivity index (χ0v) is 12.0. The molecule has 0 spiro atoms. The number of rotatable bonds is 8. The van der Waals surface area contributed by atoms with Gasteiger partial charge in [-0.25, -0.2) is 4.79 Å². The van der Waals surface area contributed by atoms with Crippen LogP contribution in [0.3, 0.4) is 0 Å². The highest BCUT2D eigenvalue weighted by Gasteiger charge is 2.12. The van der Waals surface area contributed by atoms with Crippen molar-refractivity contribution < 1.29 is 14.3 Å². The van der Waals surface area contributed by atoms with E-state index in [4.69, 9.17) is 9.47 Å². The van der Waals surface area contributed by atoms with E-state index in [1.807, 2.05) is 37.3 Å². The van der Waals surface area contributed by atoms with Gasteiger partial charge in [0, 0.05) is 6.54 Å². The topological polar surface area (TPSA) is 38.8 Å². The summed E-state index contributed by atoms with van der Waals surface area (Å²) in [6, 6.07) is 9.25. The molecule has 4 heteroatoms. The lowest BCUT2D eigenvalue weighted by atomic mass is 10.3. The number of nitrogens with zero attached hydrogens (tertiary/aromatic N) is 1. The standard InChI is InChI=1S/C15H23NO3/c1-4-16(5-2)11-13(3)19-15(17)12-18-14-9-7-6-8-10-14/h6-10,13H,4-5,11-12H2,1-3H3/t13-/m1/s1. The molecule has 0 aliphatic carbocycles. The minimum atomic E-state index is -0.330. The third-order valence-corrected chi connectivity index (χ3v) is 2.84. The second kappa shape index (κ2) is 8.53. The van der Waals surface area contributed by atoms with Crippen LogP contribution >= 0.6 is 0 Å². The largest absolute Gasteiger partial charge is 0.482 e. The minimum Gasteiger partial charge on any atom is -0.482 e. The van der Waals surface area contributed by atoms with E-state index in [9.17, 15) is 4.79 Å². The Hall–Kier alpha value is -1.55. The summed E-state index contributed by atoms with van der Waals surface area (Å²) in [6.45, 7) is 8.71. The van der Waals surface area contributed by atoms with Crippen LogP contribution in [0.2, 0.25) is 0 Å². The molecule has 1 aromatic rings. The molecule has 0 bridgehead atoms. The van der Waals surface area contributed by atoms with Crippen LogP contribution in [0.4, 0.5) is 0 Å². The van der Waals surface area contributed by atoms with Crippen molar-refractivity contribution in [2.24, 2.45) is 0 Å². The molecule has 0 radical (unpaired) electrons. The molecule has 0 amide bonds. The van der Waals surface area contributed by atoms with Gasteiger partial charge in [-0.15, -0.1) is 0 Å². The molecule has 0 fully saturated rings. The zero-order chi connectivity index (χ0) is 14.1. The monoisotopic (exact) mass is 265 g/mol. The van der Waals surface area contributed by atoms with Crippen LogP contribution in [0.25, 0.3) is 0 Å². The SMILES string of the molecule is CCN(CC)C[C@@H](C)OC(=O)COc1ccccc1. The fourth-order valence-corrected chi connectivity index (χ4v) is 1.80. The average molecular weight is 265 g/mol. The number of carbonyl (C=O) groups is 1. The summed E-state index contributed by atoms with van der Waals surface area (Å²) in [5, 5.41) is 0. The Kier molecular flexibility index (Phi) is 6.97. The highest BCUT2D eigenvalue weighted by Crippen LogP contribution is 2.08. The van der Waals surface area contributed by atoms with E-state index in [0.717, 1.165) is 19.6 Å². The highest BCUT2D eigenvalue weighted by atomic mass is 16.6. The van der Waals surface area contributed by atoms with Gasteiger partial charge in [-0.1, -0.05) is 32.0 Å². The number of likely N-dealkylation sites (N-methyl/N-ethyl adjacent to an activating group) is 1. The average Bonchev–Trinajstić information content (AvgIpc) is 2.43. The van der Waals surface area contributed by atoms with Gasteiger partial charge < -0.3 is 14.4 Å². The Morgan fingerprint density at radius 1 is 1.21 bits per heavy atom. The molecule has 0 aliphatic heterocycles. The number of hydrogen-bond donors (Lipinski definition) is 0. The maximum absolute atomic E-state index is 11.6. The number of esters is 1. The van der Waals surface area contributed by atoms with E-state index < -0.39 is 0 Å². The number of carbonyl (C=O) groups excluding carboxylic acids is 1.